The summed E-state index contributed by atoms with van der Waals surface area (Å²) < 4.78 is 2.04. The van der Waals surface area contributed by atoms with E-state index in [1.165, 1.54) is 36.0 Å². The van der Waals surface area contributed by atoms with Crippen molar-refractivity contribution in [1.82, 2.24) is 25.1 Å². The predicted molar refractivity (Wildman–Crippen MR) is 117 cm³/mol. The Labute approximate surface area is 179 Å². The number of aryl methyl sites for hydroxylation is 3. The Morgan fingerprint density at radius 1 is 1.31 bits per heavy atom. The first-order chi connectivity index (χ1) is 13.6. The van der Waals surface area contributed by atoms with Gasteiger partial charge in [0.15, 0.2) is 0 Å². The first-order valence-electron chi connectivity index (χ1n) is 10.4. The molecule has 0 saturated carbocycles. The van der Waals surface area contributed by atoms with Crippen LogP contribution in [0.5, 0.6) is 0 Å². The van der Waals surface area contributed by atoms with E-state index in [4.69, 9.17) is 0 Å². The molecule has 1 saturated heterocycles. The molecule has 2 heterocycles. The minimum atomic E-state index is 0. The first kappa shape index (κ1) is 21.8. The molecule has 1 aliphatic carbocycles. The van der Waals surface area contributed by atoms with E-state index in [2.05, 4.69) is 45.6 Å². The van der Waals surface area contributed by atoms with Crippen LogP contribution in [0.1, 0.15) is 54.4 Å². The van der Waals surface area contributed by atoms with Gasteiger partial charge in [0.25, 0.3) is 0 Å². The van der Waals surface area contributed by atoms with Gasteiger partial charge in [0.1, 0.15) is 5.82 Å². The molecule has 0 radical (unpaired) electrons. The summed E-state index contributed by atoms with van der Waals surface area (Å²) in [4.78, 5) is 19.5. The summed E-state index contributed by atoms with van der Waals surface area (Å²) in [6.07, 6.45) is 8.69. The lowest BCUT2D eigenvalue weighted by Gasteiger charge is -2.35. The lowest BCUT2D eigenvalue weighted by Crippen LogP contribution is -2.50. The maximum absolute atomic E-state index is 12.8. The molecule has 4 rings (SSSR count). The smallest absolute Gasteiger partial charge is 0.234 e. The van der Waals surface area contributed by atoms with Crippen LogP contribution in [-0.4, -0.2) is 46.5 Å². The fraction of sp³-hybridized carbons (Fsp3) is 0.545. The Kier molecular flexibility index (Phi) is 7.33. The van der Waals surface area contributed by atoms with Crippen molar-refractivity contribution in [3.63, 3.8) is 0 Å². The molecule has 1 aliphatic heterocycles. The van der Waals surface area contributed by atoms with Gasteiger partial charge in [-0.2, -0.15) is 0 Å². The monoisotopic (exact) mass is 417 g/mol. The molecule has 1 amide bonds. The number of nitrogens with zero attached hydrogens (tertiary/aromatic N) is 3. The highest BCUT2D eigenvalue weighted by Gasteiger charge is 2.28. The van der Waals surface area contributed by atoms with Gasteiger partial charge >= 0.3 is 0 Å². The molecule has 158 valence electrons. The number of hydrogen-bond donors (Lipinski definition) is 2. The largest absolute Gasteiger partial charge is 0.348 e. The molecule has 1 fully saturated rings. The van der Waals surface area contributed by atoms with E-state index < -0.39 is 0 Å². The Bertz CT molecular complexity index is 836. The van der Waals surface area contributed by atoms with Crippen molar-refractivity contribution in [2.24, 2.45) is 7.05 Å². The lowest BCUT2D eigenvalue weighted by molar-refractivity contribution is -0.123. The fourth-order valence-corrected chi connectivity index (χ4v) is 4.47. The molecule has 1 aromatic carbocycles. The maximum Gasteiger partial charge on any atom is 0.234 e. The summed E-state index contributed by atoms with van der Waals surface area (Å²) in [5.74, 6) is 1.08. The average Bonchev–Trinajstić information content (AvgIpc) is 3.13. The van der Waals surface area contributed by atoms with Gasteiger partial charge in [-0.1, -0.05) is 18.2 Å². The van der Waals surface area contributed by atoms with Crippen molar-refractivity contribution >= 4 is 18.3 Å². The normalized spacial score (nSPS) is 20.4. The second kappa shape index (κ2) is 9.74. The summed E-state index contributed by atoms with van der Waals surface area (Å²) in [7, 11) is 2.01. The zero-order valence-corrected chi connectivity index (χ0v) is 18.2. The van der Waals surface area contributed by atoms with Crippen LogP contribution in [0.4, 0.5) is 0 Å². The summed E-state index contributed by atoms with van der Waals surface area (Å²) >= 11 is 0. The van der Waals surface area contributed by atoms with E-state index in [0.717, 1.165) is 31.9 Å². The molecule has 2 aromatic rings. The van der Waals surface area contributed by atoms with Crippen molar-refractivity contribution in [2.45, 2.75) is 44.7 Å². The number of halogens is 1. The molecular formula is C22H32ClN5O. The molecular weight excluding hydrogens is 386 g/mol. The third-order valence-corrected chi connectivity index (χ3v) is 6.11. The lowest BCUT2D eigenvalue weighted by atomic mass is 9.89. The van der Waals surface area contributed by atoms with Crippen LogP contribution in [0.2, 0.25) is 0 Å². The standard InChI is InChI=1S/C22H31N5O.ClH/c1-16(18-8-7-17-5-3-4-6-19(17)13-18)25-21(28)15-27-12-9-23-14-20(27)22-24-10-11-26(22)2;/h7-8,10-11,13,16,20,23H,3-6,9,12,14-15H2,1-2H3,(H,25,28);1H. The number of carbonyl (C=O) groups is 1. The number of rotatable bonds is 5. The molecule has 6 nitrogen and oxygen atoms in total. The van der Waals surface area contributed by atoms with Crippen LogP contribution >= 0.6 is 12.4 Å². The summed E-state index contributed by atoms with van der Waals surface area (Å²) in [6, 6.07) is 6.87. The molecule has 0 bridgehead atoms. The van der Waals surface area contributed by atoms with Crippen molar-refractivity contribution in [3.05, 3.63) is 53.1 Å². The van der Waals surface area contributed by atoms with Gasteiger partial charge in [0.05, 0.1) is 18.6 Å². The number of amides is 1. The first-order valence-corrected chi connectivity index (χ1v) is 10.4. The van der Waals surface area contributed by atoms with E-state index >= 15 is 0 Å². The molecule has 2 N–H and O–H groups in total. The van der Waals surface area contributed by atoms with Crippen molar-refractivity contribution < 1.29 is 4.79 Å². The minimum absolute atomic E-state index is 0. The van der Waals surface area contributed by atoms with Gasteiger partial charge in [-0.05, 0) is 49.3 Å². The summed E-state index contributed by atoms with van der Waals surface area (Å²) in [5, 5.41) is 6.62. The second-order valence-corrected chi connectivity index (χ2v) is 8.11. The number of piperazine rings is 1. The Morgan fingerprint density at radius 2 is 2.10 bits per heavy atom. The third-order valence-electron chi connectivity index (χ3n) is 6.11. The van der Waals surface area contributed by atoms with Gasteiger partial charge in [-0.25, -0.2) is 4.98 Å². The zero-order chi connectivity index (χ0) is 19.5. The molecule has 29 heavy (non-hydrogen) atoms. The van der Waals surface area contributed by atoms with Crippen LogP contribution in [0, 0.1) is 0 Å². The number of nitrogens with one attached hydrogen (secondary N) is 2. The van der Waals surface area contributed by atoms with Crippen LogP contribution in [-0.2, 0) is 24.7 Å². The van der Waals surface area contributed by atoms with E-state index in [1.807, 2.05) is 24.0 Å². The molecule has 0 spiro atoms. The van der Waals surface area contributed by atoms with Crippen LogP contribution in [0.15, 0.2) is 30.6 Å². The molecule has 2 atom stereocenters. The Balaban J connectivity index is 0.00000240. The fourth-order valence-electron chi connectivity index (χ4n) is 4.47. The third kappa shape index (κ3) is 5.00. The van der Waals surface area contributed by atoms with E-state index in [-0.39, 0.29) is 30.4 Å². The van der Waals surface area contributed by atoms with Gasteiger partial charge in [0, 0.05) is 39.1 Å². The van der Waals surface area contributed by atoms with E-state index in [9.17, 15) is 4.79 Å². The number of aromatic nitrogens is 2. The molecule has 7 heteroatoms. The molecule has 2 unspecified atom stereocenters. The highest BCUT2D eigenvalue weighted by atomic mass is 35.5. The molecule has 1 aromatic heterocycles. The number of carbonyl (C=O) groups excluding carboxylic acids is 1. The quantitative estimate of drug-likeness (QED) is 0.784. The van der Waals surface area contributed by atoms with Crippen molar-refractivity contribution in [1.29, 1.82) is 0 Å². The van der Waals surface area contributed by atoms with Crippen LogP contribution in [0.25, 0.3) is 0 Å². The highest BCUT2D eigenvalue weighted by molar-refractivity contribution is 5.85. The average molecular weight is 418 g/mol. The Morgan fingerprint density at radius 3 is 2.86 bits per heavy atom. The minimum Gasteiger partial charge on any atom is -0.348 e. The Hall–Kier alpha value is -1.89. The van der Waals surface area contributed by atoms with E-state index in [0.29, 0.717) is 6.54 Å². The van der Waals surface area contributed by atoms with E-state index in [1.54, 1.807) is 0 Å². The van der Waals surface area contributed by atoms with Gasteiger partial charge in [-0.15, -0.1) is 12.4 Å². The van der Waals surface area contributed by atoms with Gasteiger partial charge in [0.2, 0.25) is 5.91 Å². The highest BCUT2D eigenvalue weighted by Crippen LogP contribution is 2.25. The van der Waals surface area contributed by atoms with Crippen LogP contribution in [0.3, 0.4) is 0 Å². The van der Waals surface area contributed by atoms with Gasteiger partial charge in [-0.3, -0.25) is 9.69 Å². The molecule has 2 aliphatic rings. The predicted octanol–water partition coefficient (Wildman–Crippen LogP) is 2.54. The second-order valence-electron chi connectivity index (χ2n) is 8.11. The van der Waals surface area contributed by atoms with Crippen molar-refractivity contribution in [2.75, 3.05) is 26.2 Å². The SMILES string of the molecule is CC(NC(=O)CN1CCNCC1c1nccn1C)c1ccc2c(c1)CCCC2.Cl. The maximum atomic E-state index is 12.8. The number of hydrogen-bond acceptors (Lipinski definition) is 4. The topological polar surface area (TPSA) is 62.2 Å². The number of imidazole rings is 1. The zero-order valence-electron chi connectivity index (χ0n) is 17.4. The van der Waals surface area contributed by atoms with Crippen LogP contribution < -0.4 is 10.6 Å². The summed E-state index contributed by atoms with van der Waals surface area (Å²) in [5.41, 5.74) is 4.14. The number of fused-ring (bicyclic) bond motifs is 1. The number of benzene rings is 1. The van der Waals surface area contributed by atoms with Crippen molar-refractivity contribution in [3.8, 4) is 0 Å². The van der Waals surface area contributed by atoms with Gasteiger partial charge < -0.3 is 15.2 Å². The summed E-state index contributed by atoms with van der Waals surface area (Å²) in [6.45, 7) is 5.04.